The zero-order chi connectivity index (χ0) is 21.2. The predicted octanol–water partition coefficient (Wildman–Crippen LogP) is 5.02. The molecule has 3 heterocycles. The number of carbonyl (C=O) groups excluding carboxylic acids is 1. The van der Waals surface area contributed by atoms with Gasteiger partial charge < -0.3 is 14.8 Å². The first-order chi connectivity index (χ1) is 13.5. The van der Waals surface area contributed by atoms with Crippen LogP contribution in [0.4, 0.5) is 5.69 Å². The van der Waals surface area contributed by atoms with Crippen LogP contribution in [0.3, 0.4) is 0 Å². The summed E-state index contributed by atoms with van der Waals surface area (Å²) in [5, 5.41) is 2.93. The highest BCUT2D eigenvalue weighted by Gasteiger charge is 2.20. The van der Waals surface area contributed by atoms with Crippen molar-refractivity contribution < 1.29 is 14.3 Å². The standard InChI is InChI=1S/C13H17NO.C11H15NO2/c1-13(2,3)10-6-4-9-5-7-12(15)14-11(9)8-10;1-11(2,3)10-6-8-9(7-12-10)14-5-4-13-8/h4,6,8H,5,7H2,1-3H3,(H,14,15);6-7H,4-5H2,1-3H3. The molecule has 0 spiro atoms. The van der Waals surface area contributed by atoms with Crippen LogP contribution < -0.4 is 14.8 Å². The Morgan fingerprint density at radius 3 is 2.24 bits per heavy atom. The van der Waals surface area contributed by atoms with E-state index in [2.05, 4.69) is 70.0 Å². The molecule has 0 aliphatic carbocycles. The zero-order valence-corrected chi connectivity index (χ0v) is 18.4. The van der Waals surface area contributed by atoms with E-state index in [4.69, 9.17) is 9.47 Å². The van der Waals surface area contributed by atoms with E-state index in [9.17, 15) is 4.79 Å². The Hall–Kier alpha value is -2.56. The summed E-state index contributed by atoms with van der Waals surface area (Å²) in [6.45, 7) is 14.2. The second-order valence-electron chi connectivity index (χ2n) is 9.63. The number of nitrogens with one attached hydrogen (secondary N) is 1. The van der Waals surface area contributed by atoms with Gasteiger partial charge in [0.25, 0.3) is 0 Å². The van der Waals surface area contributed by atoms with Crippen LogP contribution in [0.15, 0.2) is 30.5 Å². The first kappa shape index (κ1) is 21.2. The minimum atomic E-state index is 0.0514. The fourth-order valence-corrected chi connectivity index (χ4v) is 3.20. The SMILES string of the molecule is CC(C)(C)c1cc2c(cn1)OCCO2.CC(C)(C)c1ccc2c(c1)NC(=O)CC2. The van der Waals surface area contributed by atoms with Crippen LogP contribution in [-0.4, -0.2) is 24.1 Å². The maximum Gasteiger partial charge on any atom is 0.224 e. The van der Waals surface area contributed by atoms with Crippen LogP contribution in [0.5, 0.6) is 11.5 Å². The van der Waals surface area contributed by atoms with E-state index in [1.54, 1.807) is 6.20 Å². The minimum Gasteiger partial charge on any atom is -0.486 e. The Labute approximate surface area is 173 Å². The lowest BCUT2D eigenvalue weighted by Crippen LogP contribution is -2.20. The van der Waals surface area contributed by atoms with Crippen molar-refractivity contribution >= 4 is 11.6 Å². The van der Waals surface area contributed by atoms with Crippen LogP contribution in [0.2, 0.25) is 0 Å². The number of nitrogens with zero attached hydrogens (tertiary/aromatic N) is 1. The maximum absolute atomic E-state index is 11.3. The van der Waals surface area contributed by atoms with Crippen molar-refractivity contribution in [1.82, 2.24) is 4.98 Å². The monoisotopic (exact) mass is 396 g/mol. The molecule has 0 unspecified atom stereocenters. The predicted molar refractivity (Wildman–Crippen MR) is 116 cm³/mol. The Morgan fingerprint density at radius 1 is 0.897 bits per heavy atom. The van der Waals surface area contributed by atoms with Gasteiger partial charge >= 0.3 is 0 Å². The van der Waals surface area contributed by atoms with E-state index in [0.29, 0.717) is 19.6 Å². The van der Waals surface area contributed by atoms with E-state index in [1.807, 2.05) is 6.07 Å². The highest BCUT2D eigenvalue weighted by atomic mass is 16.6. The largest absolute Gasteiger partial charge is 0.486 e. The second-order valence-corrected chi connectivity index (χ2v) is 9.63. The number of amides is 1. The third-order valence-electron chi connectivity index (χ3n) is 5.07. The molecule has 1 aromatic carbocycles. The quantitative estimate of drug-likeness (QED) is 0.679. The van der Waals surface area contributed by atoms with Crippen LogP contribution >= 0.6 is 0 Å². The number of pyridine rings is 1. The molecule has 0 radical (unpaired) electrons. The third kappa shape index (κ3) is 5.28. The molecule has 1 amide bonds. The summed E-state index contributed by atoms with van der Waals surface area (Å²) in [4.78, 5) is 15.6. The van der Waals surface area contributed by atoms with E-state index in [-0.39, 0.29) is 16.7 Å². The lowest BCUT2D eigenvalue weighted by Gasteiger charge is -2.23. The van der Waals surface area contributed by atoms with Crippen molar-refractivity contribution in [2.45, 2.75) is 65.2 Å². The number of aryl methyl sites for hydroxylation is 1. The van der Waals surface area contributed by atoms with Gasteiger partial charge in [0.05, 0.1) is 6.20 Å². The van der Waals surface area contributed by atoms with Gasteiger partial charge in [0.1, 0.15) is 13.2 Å². The molecular weight excluding hydrogens is 364 g/mol. The van der Waals surface area contributed by atoms with Gasteiger partial charge in [-0.15, -0.1) is 0 Å². The van der Waals surface area contributed by atoms with Crippen molar-refractivity contribution in [2.24, 2.45) is 0 Å². The number of aromatic nitrogens is 1. The van der Waals surface area contributed by atoms with Crippen LogP contribution in [0.25, 0.3) is 0 Å². The smallest absolute Gasteiger partial charge is 0.224 e. The maximum atomic E-state index is 11.3. The van der Waals surface area contributed by atoms with Crippen LogP contribution in [0.1, 0.15) is 64.8 Å². The molecule has 4 rings (SSSR count). The molecule has 0 saturated carbocycles. The Kier molecular flexibility index (Phi) is 5.87. The highest BCUT2D eigenvalue weighted by Crippen LogP contribution is 2.33. The molecular formula is C24H32N2O3. The fraction of sp³-hybridized carbons (Fsp3) is 0.500. The summed E-state index contributed by atoms with van der Waals surface area (Å²) in [6, 6.07) is 8.37. The molecule has 29 heavy (non-hydrogen) atoms. The lowest BCUT2D eigenvalue weighted by atomic mass is 9.85. The Morgan fingerprint density at radius 2 is 1.59 bits per heavy atom. The van der Waals surface area contributed by atoms with Gasteiger partial charge in [0.2, 0.25) is 5.91 Å². The molecule has 0 bridgehead atoms. The summed E-state index contributed by atoms with van der Waals surface area (Å²) >= 11 is 0. The normalized spacial score (nSPS) is 15.6. The number of ether oxygens (including phenoxy) is 2. The number of carbonyl (C=O) groups is 1. The number of rotatable bonds is 0. The minimum absolute atomic E-state index is 0.0514. The molecule has 0 fully saturated rings. The van der Waals surface area contributed by atoms with E-state index in [0.717, 1.165) is 29.3 Å². The first-order valence-corrected chi connectivity index (χ1v) is 10.2. The molecule has 156 valence electrons. The molecule has 5 nitrogen and oxygen atoms in total. The van der Waals surface area contributed by atoms with Gasteiger partial charge in [-0.25, -0.2) is 0 Å². The molecule has 5 heteroatoms. The number of anilines is 1. The summed E-state index contributed by atoms with van der Waals surface area (Å²) in [7, 11) is 0. The van der Waals surface area contributed by atoms with Gasteiger partial charge in [0, 0.05) is 29.3 Å². The average Bonchev–Trinajstić information content (AvgIpc) is 2.66. The second kappa shape index (κ2) is 8.05. The average molecular weight is 397 g/mol. The first-order valence-electron chi connectivity index (χ1n) is 10.2. The topological polar surface area (TPSA) is 60.5 Å². The molecule has 1 N–H and O–H groups in total. The van der Waals surface area contributed by atoms with Crippen molar-refractivity contribution in [3.05, 3.63) is 47.3 Å². The van der Waals surface area contributed by atoms with Crippen molar-refractivity contribution in [3.8, 4) is 11.5 Å². The molecule has 0 atom stereocenters. The number of hydrogen-bond acceptors (Lipinski definition) is 4. The molecule has 2 aliphatic rings. The van der Waals surface area contributed by atoms with Crippen molar-refractivity contribution in [2.75, 3.05) is 18.5 Å². The summed E-state index contributed by atoms with van der Waals surface area (Å²) in [5.41, 5.74) is 4.74. The van der Waals surface area contributed by atoms with Crippen molar-refractivity contribution in [3.63, 3.8) is 0 Å². The van der Waals surface area contributed by atoms with Gasteiger partial charge in [-0.3, -0.25) is 9.78 Å². The van der Waals surface area contributed by atoms with E-state index >= 15 is 0 Å². The van der Waals surface area contributed by atoms with E-state index < -0.39 is 0 Å². The zero-order valence-electron chi connectivity index (χ0n) is 18.4. The highest BCUT2D eigenvalue weighted by molar-refractivity contribution is 5.94. The lowest BCUT2D eigenvalue weighted by molar-refractivity contribution is -0.116. The van der Waals surface area contributed by atoms with E-state index in [1.165, 1.54) is 11.1 Å². The third-order valence-corrected chi connectivity index (χ3v) is 5.07. The number of hydrogen-bond donors (Lipinski definition) is 1. The summed E-state index contributed by atoms with van der Waals surface area (Å²) in [6.07, 6.45) is 3.22. The van der Waals surface area contributed by atoms with Crippen LogP contribution in [-0.2, 0) is 22.0 Å². The summed E-state index contributed by atoms with van der Waals surface area (Å²) < 4.78 is 10.9. The molecule has 2 aliphatic heterocycles. The van der Waals surface area contributed by atoms with Gasteiger partial charge in [-0.2, -0.15) is 0 Å². The molecule has 0 saturated heterocycles. The Bertz CT molecular complexity index is 892. The van der Waals surface area contributed by atoms with Gasteiger partial charge in [-0.05, 0) is 29.0 Å². The number of benzene rings is 1. The van der Waals surface area contributed by atoms with Crippen molar-refractivity contribution in [1.29, 1.82) is 0 Å². The fourth-order valence-electron chi connectivity index (χ4n) is 3.20. The Balaban J connectivity index is 0.000000166. The summed E-state index contributed by atoms with van der Waals surface area (Å²) in [5.74, 6) is 1.70. The number of fused-ring (bicyclic) bond motifs is 2. The van der Waals surface area contributed by atoms with Gasteiger partial charge in [0.15, 0.2) is 11.5 Å². The van der Waals surface area contributed by atoms with Gasteiger partial charge in [-0.1, -0.05) is 53.7 Å². The molecule has 1 aromatic heterocycles. The van der Waals surface area contributed by atoms with Crippen LogP contribution in [0, 0.1) is 0 Å². The molecule has 2 aromatic rings.